The molecule has 1 fully saturated rings. The van der Waals surface area contributed by atoms with E-state index in [9.17, 15) is 0 Å². The number of halogens is 1. The Balaban J connectivity index is 1.52. The predicted molar refractivity (Wildman–Crippen MR) is 98.6 cm³/mol. The average molecular weight is 396 g/mol. The molecule has 5 heteroatoms. The summed E-state index contributed by atoms with van der Waals surface area (Å²) in [6.45, 7) is 5.84. The van der Waals surface area contributed by atoms with Crippen LogP contribution in [0.4, 0.5) is 0 Å². The number of thiophene rings is 1. The topological polar surface area (TPSA) is 21.7 Å². The normalized spacial score (nSPS) is 16.4. The Labute approximate surface area is 150 Å². The second-order valence-corrected chi connectivity index (χ2v) is 7.52. The first kappa shape index (κ1) is 16.8. The van der Waals surface area contributed by atoms with Crippen LogP contribution in [0.5, 0.6) is 11.5 Å². The van der Waals surface area contributed by atoms with Gasteiger partial charge in [-0.1, -0.05) is 12.1 Å². The van der Waals surface area contributed by atoms with Crippen LogP contribution in [0.25, 0.3) is 0 Å². The maximum atomic E-state index is 6.19. The van der Waals surface area contributed by atoms with Crippen molar-refractivity contribution in [3.8, 4) is 11.5 Å². The van der Waals surface area contributed by atoms with Crippen molar-refractivity contribution < 1.29 is 9.47 Å². The summed E-state index contributed by atoms with van der Waals surface area (Å²) in [5.74, 6) is 1.72. The minimum Gasteiger partial charge on any atom is -0.490 e. The van der Waals surface area contributed by atoms with E-state index in [1.54, 1.807) is 0 Å². The van der Waals surface area contributed by atoms with Gasteiger partial charge < -0.3 is 9.47 Å². The van der Waals surface area contributed by atoms with Crippen LogP contribution >= 0.6 is 27.3 Å². The smallest absolute Gasteiger partial charge is 0.161 e. The van der Waals surface area contributed by atoms with Crippen molar-refractivity contribution >= 4 is 27.3 Å². The van der Waals surface area contributed by atoms with Crippen molar-refractivity contribution in [1.82, 2.24) is 4.90 Å². The molecule has 124 valence electrons. The lowest BCUT2D eigenvalue weighted by Crippen LogP contribution is -2.37. The molecule has 3 nitrogen and oxygen atoms in total. The van der Waals surface area contributed by atoms with Gasteiger partial charge in [-0.05, 0) is 59.3 Å². The van der Waals surface area contributed by atoms with E-state index >= 15 is 0 Å². The van der Waals surface area contributed by atoms with E-state index < -0.39 is 0 Å². The highest BCUT2D eigenvalue weighted by atomic mass is 79.9. The molecule has 0 aliphatic carbocycles. The van der Waals surface area contributed by atoms with Crippen LogP contribution in [0, 0.1) is 0 Å². The number of piperidine rings is 1. The average Bonchev–Trinajstić information content (AvgIpc) is 2.96. The van der Waals surface area contributed by atoms with E-state index in [1.807, 2.05) is 42.5 Å². The molecule has 3 rings (SSSR count). The first-order chi connectivity index (χ1) is 11.3. The third kappa shape index (κ3) is 4.49. The van der Waals surface area contributed by atoms with Crippen molar-refractivity contribution in [2.24, 2.45) is 0 Å². The van der Waals surface area contributed by atoms with Gasteiger partial charge >= 0.3 is 0 Å². The molecule has 1 aliphatic heterocycles. The lowest BCUT2D eigenvalue weighted by atomic mass is 10.1. The second kappa shape index (κ2) is 8.18. The minimum atomic E-state index is 0.277. The summed E-state index contributed by atoms with van der Waals surface area (Å²) in [5.41, 5.74) is 0. The summed E-state index contributed by atoms with van der Waals surface area (Å²) in [4.78, 5) is 3.91. The molecule has 1 saturated heterocycles. The number of hydrogen-bond donors (Lipinski definition) is 0. The van der Waals surface area contributed by atoms with Crippen molar-refractivity contribution in [1.29, 1.82) is 0 Å². The first-order valence-corrected chi connectivity index (χ1v) is 9.76. The zero-order valence-electron chi connectivity index (χ0n) is 13.3. The second-order valence-electron chi connectivity index (χ2n) is 5.66. The summed E-state index contributed by atoms with van der Waals surface area (Å²) >= 11 is 5.43. The Bertz CT molecular complexity index is 623. The Morgan fingerprint density at radius 3 is 2.57 bits per heavy atom. The van der Waals surface area contributed by atoms with E-state index in [2.05, 4.69) is 32.3 Å². The summed E-state index contributed by atoms with van der Waals surface area (Å²) < 4.78 is 13.1. The summed E-state index contributed by atoms with van der Waals surface area (Å²) in [6, 6.07) is 10.1. The van der Waals surface area contributed by atoms with Gasteiger partial charge in [0, 0.05) is 29.0 Å². The highest BCUT2D eigenvalue weighted by molar-refractivity contribution is 9.10. The SMILES string of the molecule is CCOc1ccccc1OC1CCN(Cc2sccc2Br)CC1. The lowest BCUT2D eigenvalue weighted by molar-refractivity contribution is 0.0941. The summed E-state index contributed by atoms with van der Waals surface area (Å²) in [7, 11) is 0. The van der Waals surface area contributed by atoms with E-state index in [0.717, 1.165) is 44.0 Å². The maximum Gasteiger partial charge on any atom is 0.161 e. The van der Waals surface area contributed by atoms with Crippen molar-refractivity contribution in [2.75, 3.05) is 19.7 Å². The molecular weight excluding hydrogens is 374 g/mol. The largest absolute Gasteiger partial charge is 0.490 e. The van der Waals surface area contributed by atoms with Gasteiger partial charge in [0.1, 0.15) is 6.10 Å². The number of ether oxygens (including phenoxy) is 2. The van der Waals surface area contributed by atoms with Gasteiger partial charge in [0.05, 0.1) is 6.61 Å². The highest BCUT2D eigenvalue weighted by Crippen LogP contribution is 2.30. The third-order valence-electron chi connectivity index (χ3n) is 4.04. The number of likely N-dealkylation sites (tertiary alicyclic amines) is 1. The molecule has 0 radical (unpaired) electrons. The van der Waals surface area contributed by atoms with Gasteiger partial charge in [0.25, 0.3) is 0 Å². The van der Waals surface area contributed by atoms with Gasteiger partial charge in [0.2, 0.25) is 0 Å². The number of para-hydroxylation sites is 2. The van der Waals surface area contributed by atoms with Gasteiger partial charge in [-0.3, -0.25) is 4.90 Å². The fourth-order valence-electron chi connectivity index (χ4n) is 2.83. The third-order valence-corrected chi connectivity index (χ3v) is 5.95. The first-order valence-electron chi connectivity index (χ1n) is 8.09. The molecule has 0 bridgehead atoms. The molecule has 2 aromatic rings. The molecule has 0 N–H and O–H groups in total. The van der Waals surface area contributed by atoms with Gasteiger partial charge in [-0.2, -0.15) is 0 Å². The highest BCUT2D eigenvalue weighted by Gasteiger charge is 2.22. The molecule has 2 heterocycles. The van der Waals surface area contributed by atoms with E-state index in [1.165, 1.54) is 9.35 Å². The van der Waals surface area contributed by atoms with Crippen LogP contribution in [-0.4, -0.2) is 30.7 Å². The van der Waals surface area contributed by atoms with Crippen LogP contribution in [0.2, 0.25) is 0 Å². The molecule has 1 aromatic heterocycles. The molecule has 1 aliphatic rings. The standard InChI is InChI=1S/C18H22BrNO2S/c1-2-21-16-5-3-4-6-17(16)22-14-7-10-20(11-8-14)13-18-15(19)9-12-23-18/h3-6,9,12,14H,2,7-8,10-11,13H2,1H3. The van der Waals surface area contributed by atoms with Gasteiger partial charge in [-0.25, -0.2) is 0 Å². The Morgan fingerprint density at radius 1 is 1.17 bits per heavy atom. The van der Waals surface area contributed by atoms with Crippen LogP contribution in [0.3, 0.4) is 0 Å². The van der Waals surface area contributed by atoms with Gasteiger partial charge in [0.15, 0.2) is 11.5 Å². The fraction of sp³-hybridized carbons (Fsp3) is 0.444. The Kier molecular flexibility index (Phi) is 5.97. The van der Waals surface area contributed by atoms with Crippen molar-refractivity contribution in [3.05, 3.63) is 45.1 Å². The zero-order valence-corrected chi connectivity index (χ0v) is 15.7. The number of hydrogen-bond acceptors (Lipinski definition) is 4. The van der Waals surface area contributed by atoms with Crippen molar-refractivity contribution in [3.63, 3.8) is 0 Å². The van der Waals surface area contributed by atoms with Crippen LogP contribution in [0.15, 0.2) is 40.2 Å². The summed E-state index contributed by atoms with van der Waals surface area (Å²) in [6.07, 6.45) is 2.40. The van der Waals surface area contributed by atoms with E-state index in [0.29, 0.717) is 6.61 Å². The Hall–Kier alpha value is -1.04. The van der Waals surface area contributed by atoms with Crippen LogP contribution < -0.4 is 9.47 Å². The molecule has 0 saturated carbocycles. The molecule has 23 heavy (non-hydrogen) atoms. The van der Waals surface area contributed by atoms with Crippen LogP contribution in [-0.2, 0) is 6.54 Å². The molecule has 0 atom stereocenters. The lowest BCUT2D eigenvalue weighted by Gasteiger charge is -2.32. The maximum absolute atomic E-state index is 6.19. The predicted octanol–water partition coefficient (Wildman–Crippen LogP) is 4.95. The van der Waals surface area contributed by atoms with Crippen LogP contribution in [0.1, 0.15) is 24.6 Å². The number of benzene rings is 1. The minimum absolute atomic E-state index is 0.277. The van der Waals surface area contributed by atoms with Crippen molar-refractivity contribution in [2.45, 2.75) is 32.4 Å². The fourth-order valence-corrected chi connectivity index (χ4v) is 4.35. The monoisotopic (exact) mass is 395 g/mol. The van der Waals surface area contributed by atoms with E-state index in [-0.39, 0.29) is 6.10 Å². The zero-order chi connectivity index (χ0) is 16.1. The molecule has 0 unspecified atom stereocenters. The molecule has 0 spiro atoms. The quantitative estimate of drug-likeness (QED) is 0.690. The van der Waals surface area contributed by atoms with E-state index in [4.69, 9.17) is 9.47 Å². The Morgan fingerprint density at radius 2 is 1.91 bits per heavy atom. The molecular formula is C18H22BrNO2S. The molecule has 0 amide bonds. The molecule has 1 aromatic carbocycles. The summed E-state index contributed by atoms with van der Waals surface area (Å²) in [5, 5.41) is 2.14. The number of nitrogens with zero attached hydrogens (tertiary/aromatic N) is 1. The van der Waals surface area contributed by atoms with Gasteiger partial charge in [-0.15, -0.1) is 11.3 Å². The number of rotatable bonds is 6.